The van der Waals surface area contributed by atoms with Crippen molar-refractivity contribution in [2.24, 2.45) is 0 Å². The summed E-state index contributed by atoms with van der Waals surface area (Å²) < 4.78 is 11.2. The molecule has 0 saturated heterocycles. The van der Waals surface area contributed by atoms with Gasteiger partial charge in [-0.25, -0.2) is 0 Å². The standard InChI is InChI=1S/C12H13BrO3/c1-8(14)4-5-10-11(13)6-9(15-2)7-12(10)16-3/h4-7H,1-3H3/b5-4+. The average Bonchev–Trinajstić information content (AvgIpc) is 2.26. The number of methoxy groups -OCH3 is 2. The molecule has 1 rings (SSSR count). The summed E-state index contributed by atoms with van der Waals surface area (Å²) in [5.41, 5.74) is 0.818. The second-order valence-corrected chi connectivity index (χ2v) is 4.02. The van der Waals surface area contributed by atoms with E-state index in [4.69, 9.17) is 9.47 Å². The van der Waals surface area contributed by atoms with E-state index in [1.807, 2.05) is 6.07 Å². The summed E-state index contributed by atoms with van der Waals surface area (Å²) in [6, 6.07) is 3.59. The van der Waals surface area contributed by atoms with Crippen LogP contribution in [0.15, 0.2) is 22.7 Å². The van der Waals surface area contributed by atoms with Crippen LogP contribution in [0.25, 0.3) is 6.08 Å². The lowest BCUT2D eigenvalue weighted by atomic mass is 10.1. The van der Waals surface area contributed by atoms with Crippen molar-refractivity contribution < 1.29 is 14.3 Å². The molecule has 0 fully saturated rings. The van der Waals surface area contributed by atoms with Gasteiger partial charge < -0.3 is 9.47 Å². The molecular weight excluding hydrogens is 272 g/mol. The lowest BCUT2D eigenvalue weighted by molar-refractivity contribution is -0.112. The Hall–Kier alpha value is -1.29. The van der Waals surface area contributed by atoms with Gasteiger partial charge in [-0.2, -0.15) is 0 Å². The monoisotopic (exact) mass is 284 g/mol. The first-order valence-corrected chi connectivity index (χ1v) is 5.48. The van der Waals surface area contributed by atoms with Gasteiger partial charge in [-0.3, -0.25) is 4.79 Å². The van der Waals surface area contributed by atoms with Gasteiger partial charge in [-0.05, 0) is 41.1 Å². The third-order valence-electron chi connectivity index (χ3n) is 2.01. The minimum atomic E-state index is -0.00947. The second-order valence-electron chi connectivity index (χ2n) is 3.17. The molecule has 1 aromatic rings. The highest BCUT2D eigenvalue weighted by Gasteiger charge is 2.07. The number of halogens is 1. The van der Waals surface area contributed by atoms with E-state index in [0.717, 1.165) is 10.0 Å². The number of hydrogen-bond acceptors (Lipinski definition) is 3. The first-order chi connectivity index (χ1) is 7.58. The largest absolute Gasteiger partial charge is 0.497 e. The van der Waals surface area contributed by atoms with Gasteiger partial charge in [0.05, 0.1) is 14.2 Å². The average molecular weight is 285 g/mol. The molecule has 0 spiro atoms. The first-order valence-electron chi connectivity index (χ1n) is 4.68. The number of hydrogen-bond donors (Lipinski definition) is 0. The second kappa shape index (κ2) is 5.70. The highest BCUT2D eigenvalue weighted by molar-refractivity contribution is 9.10. The summed E-state index contributed by atoms with van der Waals surface area (Å²) in [6.07, 6.45) is 3.21. The Balaban J connectivity index is 3.21. The summed E-state index contributed by atoms with van der Waals surface area (Å²) in [4.78, 5) is 10.9. The van der Waals surface area contributed by atoms with Gasteiger partial charge in [0, 0.05) is 16.1 Å². The Bertz CT molecular complexity index is 425. The van der Waals surface area contributed by atoms with Crippen LogP contribution in [0.5, 0.6) is 11.5 Å². The van der Waals surface area contributed by atoms with E-state index in [-0.39, 0.29) is 5.78 Å². The molecule has 16 heavy (non-hydrogen) atoms. The van der Waals surface area contributed by atoms with E-state index in [0.29, 0.717) is 11.5 Å². The molecule has 0 heterocycles. The highest BCUT2D eigenvalue weighted by atomic mass is 79.9. The molecule has 0 bridgehead atoms. The van der Waals surface area contributed by atoms with Crippen LogP contribution in [0, 0.1) is 0 Å². The van der Waals surface area contributed by atoms with Gasteiger partial charge in [0.15, 0.2) is 5.78 Å². The van der Waals surface area contributed by atoms with Crippen molar-refractivity contribution in [2.75, 3.05) is 14.2 Å². The molecule has 4 heteroatoms. The fourth-order valence-electron chi connectivity index (χ4n) is 1.22. The zero-order valence-electron chi connectivity index (χ0n) is 9.41. The van der Waals surface area contributed by atoms with E-state index >= 15 is 0 Å². The summed E-state index contributed by atoms with van der Waals surface area (Å²) in [6.45, 7) is 1.50. The van der Waals surface area contributed by atoms with Crippen LogP contribution >= 0.6 is 15.9 Å². The molecule has 3 nitrogen and oxygen atoms in total. The van der Waals surface area contributed by atoms with Gasteiger partial charge in [-0.15, -0.1) is 0 Å². The SMILES string of the molecule is COc1cc(Br)c(/C=C/C(C)=O)c(OC)c1. The molecule has 0 aliphatic rings. The number of allylic oxidation sites excluding steroid dienone is 1. The molecule has 0 aliphatic carbocycles. The molecule has 1 aromatic carbocycles. The molecule has 0 amide bonds. The summed E-state index contributed by atoms with van der Waals surface area (Å²) in [7, 11) is 3.17. The van der Waals surface area contributed by atoms with Gasteiger partial charge in [0.2, 0.25) is 0 Å². The number of ketones is 1. The van der Waals surface area contributed by atoms with E-state index in [2.05, 4.69) is 15.9 Å². The summed E-state index contributed by atoms with van der Waals surface area (Å²) in [5, 5.41) is 0. The Labute approximate surface area is 103 Å². The highest BCUT2D eigenvalue weighted by Crippen LogP contribution is 2.33. The van der Waals surface area contributed by atoms with Crippen molar-refractivity contribution >= 4 is 27.8 Å². The van der Waals surface area contributed by atoms with E-state index in [9.17, 15) is 4.79 Å². The van der Waals surface area contributed by atoms with Gasteiger partial charge >= 0.3 is 0 Å². The quantitative estimate of drug-likeness (QED) is 0.797. The number of carbonyl (C=O) groups is 1. The van der Waals surface area contributed by atoms with Crippen LogP contribution in [0.4, 0.5) is 0 Å². The number of benzene rings is 1. The maximum absolute atomic E-state index is 10.9. The Kier molecular flexibility index (Phi) is 4.55. The fraction of sp³-hybridized carbons (Fsp3) is 0.250. The van der Waals surface area contributed by atoms with Crippen LogP contribution in [0.1, 0.15) is 12.5 Å². The van der Waals surface area contributed by atoms with Crippen LogP contribution in [0.3, 0.4) is 0 Å². The molecular formula is C12H13BrO3. The third-order valence-corrected chi connectivity index (χ3v) is 2.66. The van der Waals surface area contributed by atoms with Gasteiger partial charge in [0.1, 0.15) is 11.5 Å². The predicted octanol–water partition coefficient (Wildman–Crippen LogP) is 3.07. The molecule has 0 N–H and O–H groups in total. The van der Waals surface area contributed by atoms with E-state index in [1.54, 1.807) is 26.4 Å². The lowest BCUT2D eigenvalue weighted by Gasteiger charge is -2.09. The number of rotatable bonds is 4. The Morgan fingerprint density at radius 1 is 1.31 bits per heavy atom. The van der Waals surface area contributed by atoms with E-state index < -0.39 is 0 Å². The molecule has 0 aromatic heterocycles. The third kappa shape index (κ3) is 3.10. The Morgan fingerprint density at radius 3 is 2.50 bits per heavy atom. The minimum Gasteiger partial charge on any atom is -0.497 e. The van der Waals surface area contributed by atoms with Crippen LogP contribution in [0.2, 0.25) is 0 Å². The molecule has 0 aliphatic heterocycles. The van der Waals surface area contributed by atoms with Crippen molar-refractivity contribution in [3.05, 3.63) is 28.2 Å². The zero-order valence-corrected chi connectivity index (χ0v) is 11.0. The molecule has 0 saturated carbocycles. The maximum Gasteiger partial charge on any atom is 0.152 e. The van der Waals surface area contributed by atoms with Gasteiger partial charge in [0.25, 0.3) is 0 Å². The molecule has 0 unspecified atom stereocenters. The van der Waals surface area contributed by atoms with Crippen molar-refractivity contribution in [3.8, 4) is 11.5 Å². The van der Waals surface area contributed by atoms with Crippen LogP contribution < -0.4 is 9.47 Å². The van der Waals surface area contributed by atoms with Crippen molar-refractivity contribution in [1.29, 1.82) is 0 Å². The zero-order chi connectivity index (χ0) is 12.1. The molecule has 0 atom stereocenters. The topological polar surface area (TPSA) is 35.5 Å². The molecule has 86 valence electrons. The smallest absolute Gasteiger partial charge is 0.152 e. The van der Waals surface area contributed by atoms with Crippen molar-refractivity contribution in [2.45, 2.75) is 6.92 Å². The fourth-order valence-corrected chi connectivity index (χ4v) is 1.77. The first kappa shape index (κ1) is 12.8. The van der Waals surface area contributed by atoms with E-state index in [1.165, 1.54) is 13.0 Å². The molecule has 0 radical (unpaired) electrons. The van der Waals surface area contributed by atoms with Crippen LogP contribution in [-0.2, 0) is 4.79 Å². The lowest BCUT2D eigenvalue weighted by Crippen LogP contribution is -1.92. The number of ether oxygens (including phenoxy) is 2. The predicted molar refractivity (Wildman–Crippen MR) is 67.0 cm³/mol. The number of carbonyl (C=O) groups excluding carboxylic acids is 1. The summed E-state index contributed by atoms with van der Waals surface area (Å²) >= 11 is 3.41. The maximum atomic E-state index is 10.9. The van der Waals surface area contributed by atoms with Crippen LogP contribution in [-0.4, -0.2) is 20.0 Å². The van der Waals surface area contributed by atoms with Gasteiger partial charge in [-0.1, -0.05) is 0 Å². The van der Waals surface area contributed by atoms with Crippen molar-refractivity contribution in [3.63, 3.8) is 0 Å². The Morgan fingerprint density at radius 2 is 2.00 bits per heavy atom. The van der Waals surface area contributed by atoms with Crippen molar-refractivity contribution in [1.82, 2.24) is 0 Å². The normalized spacial score (nSPS) is 10.5. The summed E-state index contributed by atoms with van der Waals surface area (Å²) in [5.74, 6) is 1.34. The minimum absolute atomic E-state index is 0.00947.